The number of hydrogen-bond donors (Lipinski definition) is 0. The van der Waals surface area contributed by atoms with Crippen LogP contribution in [0.1, 0.15) is 35.1 Å². The van der Waals surface area contributed by atoms with Crippen molar-refractivity contribution in [2.75, 3.05) is 0 Å². The molecule has 1 heteroatoms. The van der Waals surface area contributed by atoms with Crippen molar-refractivity contribution in [2.24, 2.45) is 0 Å². The zero-order valence-corrected chi connectivity index (χ0v) is 23.6. The average molecular weight is 541 g/mol. The van der Waals surface area contributed by atoms with E-state index in [1.807, 2.05) is 11.3 Å². The summed E-state index contributed by atoms with van der Waals surface area (Å²) < 4.78 is 2.72. The summed E-state index contributed by atoms with van der Waals surface area (Å²) in [5.41, 5.74) is 11.0. The molecule has 2 aliphatic rings. The Morgan fingerprint density at radius 1 is 0.537 bits per heavy atom. The van der Waals surface area contributed by atoms with Gasteiger partial charge in [-0.05, 0) is 128 Å². The van der Waals surface area contributed by atoms with Gasteiger partial charge in [0.25, 0.3) is 0 Å². The molecular formula is C40H28S. The fourth-order valence-electron chi connectivity index (χ4n) is 7.22. The SMILES string of the molecule is C1=Cc2cc(-c3cc4cc(-c5ccc6sc7ccccc7c6c5)c5c(c4c4ccccc34)C=CCC5)ccc2CC1. The fraction of sp³-hybridized carbons (Fsp3) is 0.100. The molecule has 2 aliphatic carbocycles. The molecular weight excluding hydrogens is 513 g/mol. The van der Waals surface area contributed by atoms with Crippen molar-refractivity contribution < 1.29 is 0 Å². The highest BCUT2D eigenvalue weighted by Gasteiger charge is 2.20. The summed E-state index contributed by atoms with van der Waals surface area (Å²) in [5.74, 6) is 0. The van der Waals surface area contributed by atoms with Crippen LogP contribution in [0.25, 0.3) is 76.1 Å². The Labute approximate surface area is 243 Å². The second kappa shape index (κ2) is 9.03. The number of hydrogen-bond acceptors (Lipinski definition) is 1. The monoisotopic (exact) mass is 540 g/mol. The zero-order valence-electron chi connectivity index (χ0n) is 22.8. The van der Waals surface area contributed by atoms with E-state index in [2.05, 4.69) is 121 Å². The Morgan fingerprint density at radius 2 is 1.27 bits per heavy atom. The standard InChI is InChI=1S/C40H28S/c1-2-10-26-21-27(18-17-25(26)9-1)35-23-29-24-36(28-19-20-39-37(22-28)32-13-7-8-16-38(32)41-39)31-12-4-6-15-34(31)40(29)33-14-5-3-11-30(33)35/h2-3,5-8,10-11,13-24H,1,4,9,12H2. The van der Waals surface area contributed by atoms with E-state index in [0.29, 0.717) is 0 Å². The van der Waals surface area contributed by atoms with Gasteiger partial charge in [0.2, 0.25) is 0 Å². The van der Waals surface area contributed by atoms with Crippen LogP contribution in [0, 0.1) is 0 Å². The zero-order chi connectivity index (χ0) is 26.9. The van der Waals surface area contributed by atoms with Crippen molar-refractivity contribution in [3.63, 3.8) is 0 Å². The first-order valence-electron chi connectivity index (χ1n) is 14.7. The number of aryl methyl sites for hydroxylation is 1. The van der Waals surface area contributed by atoms with Crippen LogP contribution < -0.4 is 0 Å². The van der Waals surface area contributed by atoms with Crippen LogP contribution in [0.15, 0.2) is 109 Å². The molecule has 0 saturated heterocycles. The van der Waals surface area contributed by atoms with Gasteiger partial charge >= 0.3 is 0 Å². The lowest BCUT2D eigenvalue weighted by Crippen LogP contribution is -2.00. The second-order valence-corrected chi connectivity index (χ2v) is 12.6. The summed E-state index contributed by atoms with van der Waals surface area (Å²) in [6.07, 6.45) is 13.8. The third-order valence-electron chi connectivity index (χ3n) is 9.16. The van der Waals surface area contributed by atoms with Crippen molar-refractivity contribution in [2.45, 2.75) is 25.7 Å². The van der Waals surface area contributed by atoms with E-state index in [4.69, 9.17) is 0 Å². The van der Waals surface area contributed by atoms with Crippen LogP contribution in [0.4, 0.5) is 0 Å². The quantitative estimate of drug-likeness (QED) is 0.191. The molecule has 6 aromatic carbocycles. The molecule has 0 bridgehead atoms. The van der Waals surface area contributed by atoms with Gasteiger partial charge in [-0.15, -0.1) is 11.3 Å². The summed E-state index contributed by atoms with van der Waals surface area (Å²) in [4.78, 5) is 0. The third-order valence-corrected chi connectivity index (χ3v) is 10.3. The Morgan fingerprint density at radius 3 is 2.22 bits per heavy atom. The Kier molecular flexibility index (Phi) is 5.12. The minimum Gasteiger partial charge on any atom is -0.135 e. The summed E-state index contributed by atoms with van der Waals surface area (Å²) in [6.45, 7) is 0. The molecule has 0 unspecified atom stereocenters. The minimum absolute atomic E-state index is 1.08. The van der Waals surface area contributed by atoms with Crippen LogP contribution in [0.5, 0.6) is 0 Å². The lowest BCUT2D eigenvalue weighted by Gasteiger charge is -2.22. The molecule has 0 spiro atoms. The first kappa shape index (κ1) is 23.3. The number of allylic oxidation sites excluding steroid dienone is 2. The predicted octanol–water partition coefficient (Wildman–Crippen LogP) is 11.6. The van der Waals surface area contributed by atoms with Gasteiger partial charge in [0.1, 0.15) is 0 Å². The van der Waals surface area contributed by atoms with Gasteiger partial charge in [-0.25, -0.2) is 0 Å². The molecule has 1 aromatic heterocycles. The van der Waals surface area contributed by atoms with Gasteiger partial charge in [-0.1, -0.05) is 85.0 Å². The molecule has 0 N–H and O–H groups in total. The molecule has 0 nitrogen and oxygen atoms in total. The molecule has 7 aromatic rings. The number of benzene rings is 6. The minimum atomic E-state index is 1.08. The van der Waals surface area contributed by atoms with E-state index in [9.17, 15) is 0 Å². The maximum atomic E-state index is 2.48. The lowest BCUT2D eigenvalue weighted by atomic mass is 9.82. The first-order valence-corrected chi connectivity index (χ1v) is 15.5. The molecule has 194 valence electrons. The van der Waals surface area contributed by atoms with Crippen LogP contribution in [0.2, 0.25) is 0 Å². The maximum Gasteiger partial charge on any atom is 0.0355 e. The summed E-state index contributed by atoms with van der Waals surface area (Å²) in [5, 5.41) is 8.12. The molecule has 41 heavy (non-hydrogen) atoms. The van der Waals surface area contributed by atoms with Crippen LogP contribution in [-0.2, 0) is 12.8 Å². The van der Waals surface area contributed by atoms with Crippen molar-refractivity contribution >= 4 is 65.2 Å². The van der Waals surface area contributed by atoms with Crippen molar-refractivity contribution in [1.29, 1.82) is 0 Å². The average Bonchev–Trinajstić information content (AvgIpc) is 3.41. The highest BCUT2D eigenvalue weighted by atomic mass is 32.1. The van der Waals surface area contributed by atoms with Gasteiger partial charge in [0.15, 0.2) is 0 Å². The molecule has 0 atom stereocenters. The molecule has 0 radical (unpaired) electrons. The number of thiophene rings is 1. The van der Waals surface area contributed by atoms with Gasteiger partial charge in [0.05, 0.1) is 0 Å². The summed E-state index contributed by atoms with van der Waals surface area (Å²) >= 11 is 1.89. The molecule has 0 saturated carbocycles. The van der Waals surface area contributed by atoms with Gasteiger partial charge in [0, 0.05) is 20.2 Å². The van der Waals surface area contributed by atoms with Gasteiger partial charge in [-0.2, -0.15) is 0 Å². The van der Waals surface area contributed by atoms with E-state index in [0.717, 1.165) is 25.7 Å². The number of fused-ring (bicyclic) bond motifs is 9. The molecule has 9 rings (SSSR count). The third kappa shape index (κ3) is 3.59. The molecule has 0 fully saturated rings. The van der Waals surface area contributed by atoms with E-state index < -0.39 is 0 Å². The van der Waals surface area contributed by atoms with Crippen LogP contribution in [0.3, 0.4) is 0 Å². The van der Waals surface area contributed by atoms with E-state index in [-0.39, 0.29) is 0 Å². The highest BCUT2D eigenvalue weighted by molar-refractivity contribution is 7.25. The van der Waals surface area contributed by atoms with Crippen molar-refractivity contribution in [3.8, 4) is 22.3 Å². The Balaban J connectivity index is 1.34. The predicted molar refractivity (Wildman–Crippen MR) is 180 cm³/mol. The maximum absolute atomic E-state index is 2.48. The topological polar surface area (TPSA) is 0 Å². The molecule has 0 aliphatic heterocycles. The van der Waals surface area contributed by atoms with Crippen LogP contribution >= 0.6 is 11.3 Å². The Hall–Kier alpha value is -4.46. The largest absolute Gasteiger partial charge is 0.135 e. The molecule has 0 amide bonds. The summed E-state index contributed by atoms with van der Waals surface area (Å²) in [7, 11) is 0. The van der Waals surface area contributed by atoms with Crippen LogP contribution in [-0.4, -0.2) is 0 Å². The molecule has 1 heterocycles. The van der Waals surface area contributed by atoms with Gasteiger partial charge < -0.3 is 0 Å². The van der Waals surface area contributed by atoms with E-state index >= 15 is 0 Å². The Bertz CT molecular complexity index is 2260. The fourth-order valence-corrected chi connectivity index (χ4v) is 8.30. The van der Waals surface area contributed by atoms with Crippen molar-refractivity contribution in [3.05, 3.63) is 131 Å². The van der Waals surface area contributed by atoms with Gasteiger partial charge in [-0.3, -0.25) is 0 Å². The lowest BCUT2D eigenvalue weighted by molar-refractivity contribution is 0.986. The summed E-state index contributed by atoms with van der Waals surface area (Å²) in [6, 6.07) is 36.9. The first-order chi connectivity index (χ1) is 20.3. The number of rotatable bonds is 2. The van der Waals surface area contributed by atoms with Crippen molar-refractivity contribution in [1.82, 2.24) is 0 Å². The second-order valence-electron chi connectivity index (χ2n) is 11.5. The van der Waals surface area contributed by atoms with E-state index in [1.54, 1.807) is 0 Å². The highest BCUT2D eigenvalue weighted by Crippen LogP contribution is 2.44. The normalized spacial score (nSPS) is 14.2. The van der Waals surface area contributed by atoms with E-state index in [1.165, 1.54) is 86.2 Å². The smallest absolute Gasteiger partial charge is 0.0355 e.